The molecule has 2 aliphatic heterocycles. The van der Waals surface area contributed by atoms with E-state index in [1.54, 1.807) is 26.0 Å². The predicted molar refractivity (Wildman–Crippen MR) is 153 cm³/mol. The summed E-state index contributed by atoms with van der Waals surface area (Å²) in [5.41, 5.74) is 1.94. The van der Waals surface area contributed by atoms with Crippen LogP contribution in [0.2, 0.25) is 5.02 Å². The van der Waals surface area contributed by atoms with Gasteiger partial charge < -0.3 is 33.5 Å². The fourth-order valence-electron chi connectivity index (χ4n) is 5.72. The van der Waals surface area contributed by atoms with Crippen molar-refractivity contribution < 1.29 is 33.6 Å². The summed E-state index contributed by atoms with van der Waals surface area (Å²) in [6.45, 7) is 2.47. The molecule has 0 aliphatic carbocycles. The summed E-state index contributed by atoms with van der Waals surface area (Å²) < 4.78 is 25.3. The van der Waals surface area contributed by atoms with E-state index in [2.05, 4.69) is 4.57 Å². The number of nitrogens with zero attached hydrogens (tertiary/aromatic N) is 2. The lowest BCUT2D eigenvalue weighted by Gasteiger charge is -2.36. The monoisotopic (exact) mass is 582 g/mol. The second-order valence-corrected chi connectivity index (χ2v) is 10.7. The summed E-state index contributed by atoms with van der Waals surface area (Å²) in [6.07, 6.45) is 1.94. The number of halogens is 1. The molecule has 10 heteroatoms. The predicted octanol–water partition coefficient (Wildman–Crippen LogP) is 5.01. The molecule has 0 spiro atoms. The van der Waals surface area contributed by atoms with Gasteiger partial charge in [-0.3, -0.25) is 4.79 Å². The highest BCUT2D eigenvalue weighted by molar-refractivity contribution is 6.30. The molecule has 9 nitrogen and oxygen atoms in total. The Morgan fingerprint density at radius 3 is 2.56 bits per heavy atom. The van der Waals surface area contributed by atoms with Gasteiger partial charge in [0.05, 0.1) is 38.3 Å². The topological polar surface area (TPSA) is 99.5 Å². The number of carbonyl (C=O) groups is 2. The third-order valence-electron chi connectivity index (χ3n) is 7.88. The Hall–Kier alpha value is -3.53. The molecule has 1 N–H and O–H groups in total. The van der Waals surface area contributed by atoms with Crippen LogP contribution in [0.25, 0.3) is 5.69 Å². The van der Waals surface area contributed by atoms with Crippen molar-refractivity contribution in [3.8, 4) is 17.2 Å². The number of methoxy groups -OCH3 is 2. The Morgan fingerprint density at radius 1 is 1.07 bits per heavy atom. The smallest absolute Gasteiger partial charge is 0.338 e. The van der Waals surface area contributed by atoms with E-state index in [1.807, 2.05) is 54.7 Å². The number of rotatable bonds is 8. The lowest BCUT2D eigenvalue weighted by Crippen LogP contribution is -2.51. The molecule has 1 aromatic heterocycles. The summed E-state index contributed by atoms with van der Waals surface area (Å²) in [4.78, 5) is 27.2. The van der Waals surface area contributed by atoms with E-state index in [4.69, 9.17) is 30.5 Å². The van der Waals surface area contributed by atoms with Crippen LogP contribution in [0.5, 0.6) is 11.5 Å². The van der Waals surface area contributed by atoms with E-state index >= 15 is 0 Å². The lowest BCUT2D eigenvalue weighted by molar-refractivity contribution is -0.171. The van der Waals surface area contributed by atoms with E-state index in [0.29, 0.717) is 22.9 Å². The van der Waals surface area contributed by atoms with E-state index in [1.165, 1.54) is 0 Å². The van der Waals surface area contributed by atoms with Gasteiger partial charge in [0.25, 0.3) is 0 Å². The van der Waals surface area contributed by atoms with Crippen molar-refractivity contribution >= 4 is 23.5 Å². The van der Waals surface area contributed by atoms with Gasteiger partial charge in [0.15, 0.2) is 17.1 Å². The summed E-state index contributed by atoms with van der Waals surface area (Å²) >= 11 is 6.48. The van der Waals surface area contributed by atoms with E-state index in [0.717, 1.165) is 22.5 Å². The minimum absolute atomic E-state index is 0.0575. The minimum Gasteiger partial charge on any atom is -0.493 e. The molecule has 0 saturated carbocycles. The quantitative estimate of drug-likeness (QED) is 0.373. The number of ether oxygens (including phenoxy) is 4. The maximum atomic E-state index is 13.3. The van der Waals surface area contributed by atoms with Crippen LogP contribution in [0.1, 0.15) is 61.6 Å². The van der Waals surface area contributed by atoms with E-state index in [9.17, 15) is 14.7 Å². The van der Waals surface area contributed by atoms with Crippen LogP contribution in [0.15, 0.2) is 54.7 Å². The van der Waals surface area contributed by atoms with Gasteiger partial charge in [0.2, 0.25) is 5.91 Å². The zero-order valence-corrected chi connectivity index (χ0v) is 24.2. The van der Waals surface area contributed by atoms with Gasteiger partial charge >= 0.3 is 5.97 Å². The Balaban J connectivity index is 1.41. The number of aliphatic hydroxyl groups is 1. The van der Waals surface area contributed by atoms with Crippen molar-refractivity contribution in [3.63, 3.8) is 0 Å². The van der Waals surface area contributed by atoms with Crippen LogP contribution in [0, 0.1) is 0 Å². The third kappa shape index (κ3) is 5.66. The molecule has 3 heterocycles. The largest absolute Gasteiger partial charge is 0.493 e. The van der Waals surface area contributed by atoms with Crippen LogP contribution in [0.3, 0.4) is 0 Å². The first-order valence-corrected chi connectivity index (χ1v) is 14.2. The van der Waals surface area contributed by atoms with Gasteiger partial charge in [-0.2, -0.15) is 0 Å². The minimum atomic E-state index is -1.55. The molecule has 1 saturated heterocycles. The number of para-hydroxylation sites is 1. The molecule has 3 aromatic rings. The Labute approximate surface area is 244 Å². The number of benzene rings is 2. The maximum absolute atomic E-state index is 13.3. The normalized spacial score (nSPS) is 19.5. The number of fused-ring (bicyclic) bond motifs is 3. The molecule has 0 bridgehead atoms. The lowest BCUT2D eigenvalue weighted by atomic mass is 9.91. The van der Waals surface area contributed by atoms with Crippen molar-refractivity contribution in [3.05, 3.63) is 76.6 Å². The summed E-state index contributed by atoms with van der Waals surface area (Å²) in [7, 11) is 3.19. The van der Waals surface area contributed by atoms with Crippen LogP contribution in [-0.2, 0) is 19.1 Å². The Kier molecular flexibility index (Phi) is 8.58. The number of hydrogen-bond acceptors (Lipinski definition) is 7. The number of likely N-dealkylation sites (tertiary alicyclic amines) is 1. The number of esters is 1. The van der Waals surface area contributed by atoms with Gasteiger partial charge in [-0.05, 0) is 49.7 Å². The number of hydrogen-bond donors (Lipinski definition) is 1. The highest BCUT2D eigenvalue weighted by atomic mass is 35.5. The molecule has 218 valence electrons. The summed E-state index contributed by atoms with van der Waals surface area (Å²) in [5.74, 6) is 0.465. The second-order valence-electron chi connectivity index (χ2n) is 10.3. The fraction of sp³-hybridized carbons (Fsp3) is 0.419. The maximum Gasteiger partial charge on any atom is 0.338 e. The highest BCUT2D eigenvalue weighted by Gasteiger charge is 2.42. The standard InChI is InChI=1S/C31H35ClN2O7/c1-4-40-30(36)31(37)14-17-33(18-15-31)27(35)13-12-25-24-8-6-16-34(24)23-11-10-20(32)19-22(23)28(41-25)21-7-5-9-26(38-2)29(21)39-3/h5-11,16,19,25,28,37H,4,12-15,17-18H2,1-3H3/t25-,28-/m1/s1. The highest BCUT2D eigenvalue weighted by Crippen LogP contribution is 2.46. The van der Waals surface area contributed by atoms with Gasteiger partial charge in [-0.1, -0.05) is 23.7 Å². The van der Waals surface area contributed by atoms with Crippen LogP contribution < -0.4 is 9.47 Å². The summed E-state index contributed by atoms with van der Waals surface area (Å²) in [5, 5.41) is 11.3. The molecule has 2 atom stereocenters. The van der Waals surface area contributed by atoms with Crippen LogP contribution >= 0.6 is 11.6 Å². The first kappa shape index (κ1) is 29.0. The van der Waals surface area contributed by atoms with Gasteiger partial charge in [0, 0.05) is 54.7 Å². The first-order chi connectivity index (χ1) is 19.8. The van der Waals surface area contributed by atoms with Crippen molar-refractivity contribution in [2.45, 2.75) is 50.4 Å². The van der Waals surface area contributed by atoms with Gasteiger partial charge in [0.1, 0.15) is 6.10 Å². The molecule has 2 aliphatic rings. The first-order valence-electron chi connectivity index (χ1n) is 13.8. The van der Waals surface area contributed by atoms with Gasteiger partial charge in [-0.15, -0.1) is 0 Å². The number of amides is 1. The zero-order chi connectivity index (χ0) is 29.1. The molecule has 0 radical (unpaired) electrons. The number of carbonyl (C=O) groups excluding carboxylic acids is 2. The molecular formula is C31H35ClN2O7. The van der Waals surface area contributed by atoms with E-state index in [-0.39, 0.29) is 44.9 Å². The van der Waals surface area contributed by atoms with Crippen LogP contribution in [0.4, 0.5) is 0 Å². The number of aromatic nitrogens is 1. The van der Waals surface area contributed by atoms with E-state index < -0.39 is 23.8 Å². The van der Waals surface area contributed by atoms with Gasteiger partial charge in [-0.25, -0.2) is 4.79 Å². The third-order valence-corrected chi connectivity index (χ3v) is 8.11. The molecule has 41 heavy (non-hydrogen) atoms. The average Bonchev–Trinajstić information content (AvgIpc) is 3.42. The molecule has 0 unspecified atom stereocenters. The van der Waals surface area contributed by atoms with Crippen molar-refractivity contribution in [1.82, 2.24) is 9.47 Å². The number of piperidine rings is 1. The second kappa shape index (κ2) is 12.1. The molecule has 5 rings (SSSR count). The molecule has 1 amide bonds. The fourth-order valence-corrected chi connectivity index (χ4v) is 5.90. The zero-order valence-electron chi connectivity index (χ0n) is 23.5. The Morgan fingerprint density at radius 2 is 1.85 bits per heavy atom. The molecular weight excluding hydrogens is 548 g/mol. The average molecular weight is 583 g/mol. The molecule has 2 aromatic carbocycles. The van der Waals surface area contributed by atoms with Crippen molar-refractivity contribution in [1.29, 1.82) is 0 Å². The summed E-state index contributed by atoms with van der Waals surface area (Å²) in [6, 6.07) is 15.3. The molecule has 1 fully saturated rings. The Bertz CT molecular complexity index is 1410. The van der Waals surface area contributed by atoms with Crippen molar-refractivity contribution in [2.75, 3.05) is 33.9 Å². The van der Waals surface area contributed by atoms with Crippen molar-refractivity contribution in [2.24, 2.45) is 0 Å². The SMILES string of the molecule is CCOC(=O)C1(O)CCN(C(=O)CC[C@H]2O[C@H](c3cccc(OC)c3OC)c3cc(Cl)ccc3-n3cccc32)CC1. The van der Waals surface area contributed by atoms with Crippen LogP contribution in [-0.4, -0.2) is 66.0 Å².